The molecule has 1 aromatic carbocycles. The molecular weight excluding hydrogens is 342 g/mol. The maximum atomic E-state index is 12.2. The van der Waals surface area contributed by atoms with Crippen molar-refractivity contribution in [2.45, 2.75) is 70.6 Å². The number of nitrogens with zero attached hydrogens (tertiary/aromatic N) is 1. The minimum Gasteiger partial charge on any atom is -0.357 e. The number of aryl methyl sites for hydroxylation is 1. The van der Waals surface area contributed by atoms with E-state index in [-0.39, 0.29) is 0 Å². The summed E-state index contributed by atoms with van der Waals surface area (Å²) >= 11 is 0. The van der Waals surface area contributed by atoms with Crippen molar-refractivity contribution in [1.82, 2.24) is 10.6 Å². The lowest BCUT2D eigenvalue weighted by molar-refractivity contribution is 0.413. The second-order valence-electron chi connectivity index (χ2n) is 7.33. The van der Waals surface area contributed by atoms with Gasteiger partial charge in [-0.15, -0.1) is 0 Å². The molecule has 0 bridgehead atoms. The van der Waals surface area contributed by atoms with Crippen LogP contribution in [-0.4, -0.2) is 40.3 Å². The van der Waals surface area contributed by atoms with Gasteiger partial charge in [-0.2, -0.15) is 0 Å². The quantitative estimate of drug-likeness (QED) is 0.562. The lowest BCUT2D eigenvalue weighted by Gasteiger charge is -2.30. The first-order chi connectivity index (χ1) is 12.5. The topological polar surface area (TPSA) is 53.5 Å². The van der Waals surface area contributed by atoms with Crippen LogP contribution in [0.2, 0.25) is 0 Å². The summed E-state index contributed by atoms with van der Waals surface area (Å²) in [5.41, 5.74) is 2.63. The fourth-order valence-electron chi connectivity index (χ4n) is 3.57. The number of hydrogen-bond acceptors (Lipinski definition) is 2. The van der Waals surface area contributed by atoms with Gasteiger partial charge in [0.05, 0.1) is 0 Å². The van der Waals surface area contributed by atoms with Gasteiger partial charge in [-0.05, 0) is 38.7 Å². The Labute approximate surface area is 161 Å². The summed E-state index contributed by atoms with van der Waals surface area (Å²) in [6.45, 7) is 10.1. The van der Waals surface area contributed by atoms with Crippen molar-refractivity contribution >= 4 is 16.8 Å². The van der Waals surface area contributed by atoms with Crippen LogP contribution in [0.3, 0.4) is 0 Å². The van der Waals surface area contributed by atoms with Gasteiger partial charge < -0.3 is 10.6 Å². The third-order valence-corrected chi connectivity index (χ3v) is 6.84. The first-order valence-electron chi connectivity index (χ1n) is 10.0. The fraction of sp³-hybridized carbons (Fsp3) is 0.667. The molecule has 0 spiro atoms. The van der Waals surface area contributed by atoms with Gasteiger partial charge in [-0.1, -0.05) is 50.1 Å². The van der Waals surface area contributed by atoms with E-state index in [2.05, 4.69) is 55.7 Å². The number of benzene rings is 1. The van der Waals surface area contributed by atoms with Crippen molar-refractivity contribution in [3.63, 3.8) is 0 Å². The minimum absolute atomic E-state index is 0.334. The SMILES string of the molecule is CCNC(=NCC(C)c1cccc(C)c1)NC1CCCC(S(=O)CC)C1. The summed E-state index contributed by atoms with van der Waals surface area (Å²) < 4.78 is 12.2. The Balaban J connectivity index is 1.96. The van der Waals surface area contributed by atoms with Crippen LogP contribution in [0.15, 0.2) is 29.3 Å². The maximum Gasteiger partial charge on any atom is 0.191 e. The van der Waals surface area contributed by atoms with Crippen LogP contribution in [0.4, 0.5) is 0 Å². The number of aliphatic imine (C=N–C) groups is 1. The second-order valence-corrected chi connectivity index (χ2v) is 9.34. The first kappa shape index (κ1) is 20.9. The molecule has 0 aromatic heterocycles. The van der Waals surface area contributed by atoms with Crippen LogP contribution in [-0.2, 0) is 10.8 Å². The van der Waals surface area contributed by atoms with Crippen LogP contribution in [0.5, 0.6) is 0 Å². The molecule has 1 saturated carbocycles. The van der Waals surface area contributed by atoms with Crippen LogP contribution < -0.4 is 10.6 Å². The van der Waals surface area contributed by atoms with Crippen molar-refractivity contribution in [3.05, 3.63) is 35.4 Å². The smallest absolute Gasteiger partial charge is 0.191 e. The number of hydrogen-bond donors (Lipinski definition) is 2. The van der Waals surface area contributed by atoms with Gasteiger partial charge in [-0.3, -0.25) is 9.20 Å². The van der Waals surface area contributed by atoms with Crippen LogP contribution in [0.25, 0.3) is 0 Å². The van der Waals surface area contributed by atoms with Gasteiger partial charge in [0, 0.05) is 46.9 Å². The van der Waals surface area contributed by atoms with Crippen molar-refractivity contribution in [2.75, 3.05) is 18.8 Å². The minimum atomic E-state index is -0.691. The van der Waals surface area contributed by atoms with E-state index in [1.807, 2.05) is 6.92 Å². The molecule has 2 rings (SSSR count). The molecule has 1 aliphatic carbocycles. The molecule has 1 aliphatic rings. The molecule has 146 valence electrons. The Morgan fingerprint density at radius 1 is 1.35 bits per heavy atom. The van der Waals surface area contributed by atoms with Gasteiger partial charge >= 0.3 is 0 Å². The van der Waals surface area contributed by atoms with E-state index in [0.717, 1.165) is 50.5 Å². The highest BCUT2D eigenvalue weighted by molar-refractivity contribution is 7.85. The zero-order chi connectivity index (χ0) is 18.9. The summed E-state index contributed by atoms with van der Waals surface area (Å²) in [5.74, 6) is 2.04. The Hall–Kier alpha value is -1.36. The zero-order valence-corrected chi connectivity index (χ0v) is 17.6. The molecule has 4 atom stereocenters. The van der Waals surface area contributed by atoms with E-state index in [9.17, 15) is 4.21 Å². The highest BCUT2D eigenvalue weighted by Gasteiger charge is 2.26. The number of rotatable bonds is 7. The highest BCUT2D eigenvalue weighted by atomic mass is 32.2. The van der Waals surface area contributed by atoms with Crippen LogP contribution in [0.1, 0.15) is 63.5 Å². The number of guanidine groups is 1. The Kier molecular flexibility index (Phi) is 8.63. The molecule has 0 radical (unpaired) electrons. The third kappa shape index (κ3) is 6.42. The van der Waals surface area contributed by atoms with Crippen molar-refractivity contribution in [2.24, 2.45) is 4.99 Å². The standard InChI is InChI=1S/C21H35N3OS/c1-5-22-21(23-15-17(4)18-10-7-9-16(3)13-18)24-19-11-8-12-20(14-19)26(25)6-2/h7,9-10,13,17,19-20H,5-6,8,11-12,14-15H2,1-4H3,(H2,22,23,24). The van der Waals surface area contributed by atoms with Gasteiger partial charge in [0.25, 0.3) is 0 Å². The predicted octanol–water partition coefficient (Wildman–Crippen LogP) is 3.73. The van der Waals surface area contributed by atoms with Gasteiger partial charge in [0.1, 0.15) is 0 Å². The summed E-state index contributed by atoms with van der Waals surface area (Å²) in [6, 6.07) is 9.04. The molecule has 1 aromatic rings. The molecule has 0 saturated heterocycles. The molecule has 0 amide bonds. The normalized spacial score (nSPS) is 23.3. The Morgan fingerprint density at radius 2 is 2.15 bits per heavy atom. The highest BCUT2D eigenvalue weighted by Crippen LogP contribution is 2.23. The van der Waals surface area contributed by atoms with Crippen LogP contribution >= 0.6 is 0 Å². The fourth-order valence-corrected chi connectivity index (χ4v) is 4.92. The molecule has 1 fully saturated rings. The largest absolute Gasteiger partial charge is 0.357 e. The number of nitrogens with one attached hydrogen (secondary N) is 2. The average molecular weight is 378 g/mol. The van der Waals surface area contributed by atoms with E-state index in [1.54, 1.807) is 0 Å². The molecule has 2 N–H and O–H groups in total. The summed E-state index contributed by atoms with van der Waals surface area (Å²) in [5, 5.41) is 7.29. The third-order valence-electron chi connectivity index (χ3n) is 5.10. The second kappa shape index (κ2) is 10.7. The maximum absolute atomic E-state index is 12.2. The van der Waals surface area contributed by atoms with Crippen molar-refractivity contribution in [3.8, 4) is 0 Å². The van der Waals surface area contributed by atoms with Crippen molar-refractivity contribution < 1.29 is 4.21 Å². The van der Waals surface area contributed by atoms with Gasteiger partial charge in [-0.25, -0.2) is 0 Å². The summed E-state index contributed by atoms with van der Waals surface area (Å²) in [4.78, 5) is 4.82. The summed E-state index contributed by atoms with van der Waals surface area (Å²) in [7, 11) is -0.691. The predicted molar refractivity (Wildman–Crippen MR) is 113 cm³/mol. The van der Waals surface area contributed by atoms with E-state index < -0.39 is 10.8 Å². The van der Waals surface area contributed by atoms with E-state index in [4.69, 9.17) is 4.99 Å². The van der Waals surface area contributed by atoms with E-state index >= 15 is 0 Å². The Bertz CT molecular complexity index is 617. The molecule has 0 aliphatic heterocycles. The lowest BCUT2D eigenvalue weighted by Crippen LogP contribution is -2.46. The molecule has 4 nitrogen and oxygen atoms in total. The van der Waals surface area contributed by atoms with Crippen LogP contribution in [0, 0.1) is 6.92 Å². The van der Waals surface area contributed by atoms with Gasteiger partial charge in [0.15, 0.2) is 5.96 Å². The molecule has 26 heavy (non-hydrogen) atoms. The van der Waals surface area contributed by atoms with Gasteiger partial charge in [0.2, 0.25) is 0 Å². The lowest BCUT2D eigenvalue weighted by atomic mass is 9.95. The Morgan fingerprint density at radius 3 is 2.85 bits per heavy atom. The monoisotopic (exact) mass is 377 g/mol. The molecule has 4 unspecified atom stereocenters. The molecule has 0 heterocycles. The molecular formula is C21H35N3OS. The zero-order valence-electron chi connectivity index (χ0n) is 16.8. The van der Waals surface area contributed by atoms with E-state index in [0.29, 0.717) is 17.2 Å². The van der Waals surface area contributed by atoms with E-state index in [1.165, 1.54) is 11.1 Å². The average Bonchev–Trinajstić information content (AvgIpc) is 2.65. The van der Waals surface area contributed by atoms with Crippen molar-refractivity contribution in [1.29, 1.82) is 0 Å². The summed E-state index contributed by atoms with van der Waals surface area (Å²) in [6.07, 6.45) is 4.36. The first-order valence-corrected chi connectivity index (χ1v) is 11.4. The molecule has 5 heteroatoms.